The Bertz CT molecular complexity index is 744. The van der Waals surface area contributed by atoms with Gasteiger partial charge in [0.25, 0.3) is 5.91 Å². The zero-order valence-corrected chi connectivity index (χ0v) is 14.1. The molecule has 1 fully saturated rings. The quantitative estimate of drug-likeness (QED) is 0.905. The molecule has 1 aromatic heterocycles. The van der Waals surface area contributed by atoms with Crippen LogP contribution < -0.4 is 0 Å². The second-order valence-electron chi connectivity index (χ2n) is 5.71. The van der Waals surface area contributed by atoms with Gasteiger partial charge in [-0.15, -0.1) is 5.10 Å². The molecule has 8 heteroatoms. The summed E-state index contributed by atoms with van der Waals surface area (Å²) in [5.74, 6) is 0.265. The first-order chi connectivity index (χ1) is 11.5. The zero-order chi connectivity index (χ0) is 17.1. The van der Waals surface area contributed by atoms with Crippen LogP contribution in [0.2, 0.25) is 0 Å². The Labute approximate surface area is 143 Å². The molecule has 7 nitrogen and oxygen atoms in total. The molecule has 1 aliphatic rings. The number of carbonyl (C=O) groups is 2. The van der Waals surface area contributed by atoms with Gasteiger partial charge in [-0.1, -0.05) is 22.9 Å². The molecule has 3 rings (SSSR count). The van der Waals surface area contributed by atoms with Crippen LogP contribution in [0.5, 0.6) is 0 Å². The standard InChI is InChI=1S/C16H18N4O3S/c1-11-2-4-12(5-3-11)20-9-14(17-18-20)16(23)19-6-7-24-10-13(19)8-15(21)22/h2-5,9,13H,6-8,10H2,1H3,(H,21,22). The lowest BCUT2D eigenvalue weighted by Crippen LogP contribution is -2.47. The van der Waals surface area contributed by atoms with Crippen LogP contribution in [0.4, 0.5) is 0 Å². The van der Waals surface area contributed by atoms with Crippen LogP contribution in [-0.4, -0.2) is 61.0 Å². The maximum atomic E-state index is 12.7. The van der Waals surface area contributed by atoms with E-state index in [1.807, 2.05) is 31.2 Å². The number of thioether (sulfide) groups is 1. The molecule has 1 aromatic carbocycles. The number of aliphatic carboxylic acids is 1. The van der Waals surface area contributed by atoms with Crippen molar-refractivity contribution in [2.45, 2.75) is 19.4 Å². The van der Waals surface area contributed by atoms with Gasteiger partial charge in [0.05, 0.1) is 24.3 Å². The van der Waals surface area contributed by atoms with Gasteiger partial charge in [0, 0.05) is 18.1 Å². The number of aromatic nitrogens is 3. The van der Waals surface area contributed by atoms with Crippen LogP contribution in [0, 0.1) is 6.92 Å². The lowest BCUT2D eigenvalue weighted by Gasteiger charge is -2.33. The molecular weight excluding hydrogens is 328 g/mol. The van der Waals surface area contributed by atoms with Gasteiger partial charge in [-0.2, -0.15) is 11.8 Å². The topological polar surface area (TPSA) is 88.3 Å². The third kappa shape index (κ3) is 3.59. The number of carboxylic acid groups (broad SMARTS) is 1. The van der Waals surface area contributed by atoms with E-state index in [0.717, 1.165) is 17.0 Å². The van der Waals surface area contributed by atoms with Crippen molar-refractivity contribution in [3.63, 3.8) is 0 Å². The Morgan fingerprint density at radius 1 is 1.33 bits per heavy atom. The lowest BCUT2D eigenvalue weighted by atomic mass is 10.2. The lowest BCUT2D eigenvalue weighted by molar-refractivity contribution is -0.138. The highest BCUT2D eigenvalue weighted by molar-refractivity contribution is 7.99. The van der Waals surface area contributed by atoms with E-state index < -0.39 is 5.97 Å². The van der Waals surface area contributed by atoms with E-state index in [4.69, 9.17) is 5.11 Å². The summed E-state index contributed by atoms with van der Waals surface area (Å²) in [6.07, 6.45) is 1.54. The summed E-state index contributed by atoms with van der Waals surface area (Å²) in [4.78, 5) is 25.3. The molecule has 1 N–H and O–H groups in total. The maximum absolute atomic E-state index is 12.7. The number of benzene rings is 1. The van der Waals surface area contributed by atoms with Crippen molar-refractivity contribution in [3.8, 4) is 5.69 Å². The van der Waals surface area contributed by atoms with E-state index in [9.17, 15) is 9.59 Å². The number of amides is 1. The molecule has 2 aromatic rings. The average Bonchev–Trinajstić information content (AvgIpc) is 3.05. The van der Waals surface area contributed by atoms with Crippen LogP contribution in [0.25, 0.3) is 5.69 Å². The van der Waals surface area contributed by atoms with Crippen molar-refractivity contribution >= 4 is 23.6 Å². The Balaban J connectivity index is 1.79. The highest BCUT2D eigenvalue weighted by Gasteiger charge is 2.30. The summed E-state index contributed by atoms with van der Waals surface area (Å²) >= 11 is 1.67. The number of rotatable bonds is 4. The summed E-state index contributed by atoms with van der Waals surface area (Å²) in [5.41, 5.74) is 2.19. The molecule has 126 valence electrons. The normalized spacial score (nSPS) is 17.7. The fourth-order valence-corrected chi connectivity index (χ4v) is 3.69. The van der Waals surface area contributed by atoms with Crippen molar-refractivity contribution in [1.29, 1.82) is 0 Å². The predicted molar refractivity (Wildman–Crippen MR) is 90.5 cm³/mol. The summed E-state index contributed by atoms with van der Waals surface area (Å²) < 4.78 is 1.55. The molecule has 0 aliphatic carbocycles. The number of hydrogen-bond donors (Lipinski definition) is 1. The third-order valence-corrected chi connectivity index (χ3v) is 5.00. The molecule has 1 saturated heterocycles. The van der Waals surface area contributed by atoms with Gasteiger partial charge in [-0.25, -0.2) is 4.68 Å². The number of carbonyl (C=O) groups excluding carboxylic acids is 1. The average molecular weight is 346 g/mol. The molecule has 0 bridgehead atoms. The van der Waals surface area contributed by atoms with Gasteiger partial charge in [0.15, 0.2) is 5.69 Å². The molecule has 0 radical (unpaired) electrons. The summed E-state index contributed by atoms with van der Waals surface area (Å²) in [6, 6.07) is 7.43. The predicted octanol–water partition coefficient (Wildman–Crippen LogP) is 1.61. The van der Waals surface area contributed by atoms with Crippen molar-refractivity contribution in [2.24, 2.45) is 0 Å². The molecular formula is C16H18N4O3S. The molecule has 1 amide bonds. The summed E-state index contributed by atoms with van der Waals surface area (Å²) in [7, 11) is 0. The van der Waals surface area contributed by atoms with E-state index in [1.165, 1.54) is 0 Å². The van der Waals surface area contributed by atoms with Crippen molar-refractivity contribution in [2.75, 3.05) is 18.1 Å². The van der Waals surface area contributed by atoms with Crippen molar-refractivity contribution in [3.05, 3.63) is 41.7 Å². The van der Waals surface area contributed by atoms with Crippen LogP contribution in [0.1, 0.15) is 22.5 Å². The first-order valence-corrected chi connectivity index (χ1v) is 8.80. The first-order valence-electron chi connectivity index (χ1n) is 7.64. The van der Waals surface area contributed by atoms with Gasteiger partial charge < -0.3 is 10.0 Å². The maximum Gasteiger partial charge on any atom is 0.305 e. The minimum absolute atomic E-state index is 0.0508. The second-order valence-corrected chi connectivity index (χ2v) is 6.86. The van der Waals surface area contributed by atoms with E-state index >= 15 is 0 Å². The van der Waals surface area contributed by atoms with Gasteiger partial charge in [-0.3, -0.25) is 9.59 Å². The fourth-order valence-electron chi connectivity index (χ4n) is 2.63. The number of hydrogen-bond acceptors (Lipinski definition) is 5. The first kappa shape index (κ1) is 16.5. The van der Waals surface area contributed by atoms with Crippen molar-refractivity contribution in [1.82, 2.24) is 19.9 Å². The van der Waals surface area contributed by atoms with Crippen LogP contribution >= 0.6 is 11.8 Å². The fraction of sp³-hybridized carbons (Fsp3) is 0.375. The number of nitrogens with zero attached hydrogens (tertiary/aromatic N) is 4. The smallest absolute Gasteiger partial charge is 0.305 e. The molecule has 1 aliphatic heterocycles. The number of aryl methyl sites for hydroxylation is 1. The van der Waals surface area contributed by atoms with Crippen LogP contribution in [0.15, 0.2) is 30.5 Å². The molecule has 0 spiro atoms. The molecule has 2 heterocycles. The Morgan fingerprint density at radius 3 is 2.79 bits per heavy atom. The van der Waals surface area contributed by atoms with E-state index in [1.54, 1.807) is 27.5 Å². The van der Waals surface area contributed by atoms with E-state index in [0.29, 0.717) is 12.3 Å². The van der Waals surface area contributed by atoms with Gasteiger partial charge in [0.2, 0.25) is 0 Å². The van der Waals surface area contributed by atoms with Gasteiger partial charge in [-0.05, 0) is 19.1 Å². The van der Waals surface area contributed by atoms with E-state index in [-0.39, 0.29) is 24.1 Å². The molecule has 24 heavy (non-hydrogen) atoms. The Hall–Kier alpha value is -2.35. The van der Waals surface area contributed by atoms with E-state index in [2.05, 4.69) is 10.3 Å². The molecule has 1 unspecified atom stereocenters. The zero-order valence-electron chi connectivity index (χ0n) is 13.3. The second kappa shape index (κ2) is 7.04. The SMILES string of the molecule is Cc1ccc(-n2cc(C(=O)N3CCSCC3CC(=O)O)nn2)cc1. The largest absolute Gasteiger partial charge is 0.481 e. The highest BCUT2D eigenvalue weighted by Crippen LogP contribution is 2.21. The van der Waals surface area contributed by atoms with Crippen LogP contribution in [-0.2, 0) is 4.79 Å². The molecule has 1 atom stereocenters. The van der Waals surface area contributed by atoms with Crippen LogP contribution in [0.3, 0.4) is 0 Å². The number of carboxylic acids is 1. The Kier molecular flexibility index (Phi) is 4.84. The summed E-state index contributed by atoms with van der Waals surface area (Å²) in [6.45, 7) is 2.52. The summed E-state index contributed by atoms with van der Waals surface area (Å²) in [5, 5.41) is 17.0. The minimum atomic E-state index is -0.899. The van der Waals surface area contributed by atoms with Gasteiger partial charge >= 0.3 is 5.97 Å². The van der Waals surface area contributed by atoms with Gasteiger partial charge in [0.1, 0.15) is 0 Å². The minimum Gasteiger partial charge on any atom is -0.481 e. The Morgan fingerprint density at radius 2 is 2.08 bits per heavy atom. The highest BCUT2D eigenvalue weighted by atomic mass is 32.2. The third-order valence-electron chi connectivity index (χ3n) is 3.91. The monoisotopic (exact) mass is 346 g/mol. The van der Waals surface area contributed by atoms with Crippen molar-refractivity contribution < 1.29 is 14.7 Å². The molecule has 0 saturated carbocycles.